The van der Waals surface area contributed by atoms with Gasteiger partial charge in [-0.05, 0) is 11.5 Å². The van der Waals surface area contributed by atoms with E-state index in [1.165, 1.54) is 27.4 Å². The van der Waals surface area contributed by atoms with E-state index >= 15 is 0 Å². The molecule has 1 fully saturated rings. The number of ether oxygens (including phenoxy) is 1. The minimum atomic E-state index is 0.850. The van der Waals surface area contributed by atoms with E-state index in [2.05, 4.69) is 52.3 Å². The third kappa shape index (κ3) is 2.09. The van der Waals surface area contributed by atoms with Crippen molar-refractivity contribution in [2.45, 2.75) is 6.54 Å². The fourth-order valence-corrected chi connectivity index (χ4v) is 3.02. The number of hydrogen-bond acceptors (Lipinski definition) is 2. The highest BCUT2D eigenvalue weighted by Gasteiger charge is 2.12. The minimum absolute atomic E-state index is 0.850. The second-order valence-corrected chi connectivity index (χ2v) is 5.43. The van der Waals surface area contributed by atoms with Gasteiger partial charge in [0.2, 0.25) is 0 Å². The number of aromatic amines is 1. The highest BCUT2D eigenvalue weighted by atomic mass is 16.5. The Labute approximate surface area is 118 Å². The Morgan fingerprint density at radius 2 is 1.80 bits per heavy atom. The molecule has 0 aliphatic carbocycles. The molecule has 4 rings (SSSR count). The molecule has 3 aromatic rings. The highest BCUT2D eigenvalue weighted by molar-refractivity contribution is 6.05. The molecule has 1 aliphatic rings. The number of H-pyrrole nitrogens is 1. The maximum absolute atomic E-state index is 5.40. The van der Waals surface area contributed by atoms with Crippen molar-refractivity contribution in [3.63, 3.8) is 0 Å². The van der Waals surface area contributed by atoms with Crippen LogP contribution in [-0.2, 0) is 11.3 Å². The lowest BCUT2D eigenvalue weighted by Crippen LogP contribution is -2.35. The molecule has 1 aromatic heterocycles. The van der Waals surface area contributed by atoms with Gasteiger partial charge in [0.25, 0.3) is 0 Å². The van der Waals surface area contributed by atoms with E-state index in [1.807, 2.05) is 0 Å². The summed E-state index contributed by atoms with van der Waals surface area (Å²) in [5.74, 6) is 0. The van der Waals surface area contributed by atoms with Gasteiger partial charge >= 0.3 is 0 Å². The fourth-order valence-electron chi connectivity index (χ4n) is 3.02. The summed E-state index contributed by atoms with van der Waals surface area (Å²) >= 11 is 0. The molecule has 3 heteroatoms. The molecule has 102 valence electrons. The number of aromatic nitrogens is 1. The Bertz CT molecular complexity index is 741. The molecule has 0 saturated carbocycles. The van der Waals surface area contributed by atoms with Gasteiger partial charge in [-0.15, -0.1) is 0 Å². The zero-order valence-corrected chi connectivity index (χ0v) is 11.4. The molecule has 0 atom stereocenters. The normalized spacial score (nSPS) is 17.0. The molecule has 0 unspecified atom stereocenters. The molecule has 2 heterocycles. The molecule has 3 nitrogen and oxygen atoms in total. The second kappa shape index (κ2) is 4.93. The van der Waals surface area contributed by atoms with E-state index < -0.39 is 0 Å². The van der Waals surface area contributed by atoms with Crippen LogP contribution in [-0.4, -0.2) is 36.2 Å². The average molecular weight is 266 g/mol. The maximum atomic E-state index is 5.40. The molecule has 1 N–H and O–H groups in total. The molecule has 0 amide bonds. The van der Waals surface area contributed by atoms with Gasteiger partial charge in [-0.3, -0.25) is 4.90 Å². The summed E-state index contributed by atoms with van der Waals surface area (Å²) in [5.41, 5.74) is 2.55. The second-order valence-electron chi connectivity index (χ2n) is 5.43. The largest absolute Gasteiger partial charge is 0.379 e. The smallest absolute Gasteiger partial charge is 0.0594 e. The van der Waals surface area contributed by atoms with Crippen molar-refractivity contribution in [2.75, 3.05) is 26.3 Å². The Kier molecular flexibility index (Phi) is 2.94. The monoisotopic (exact) mass is 266 g/mol. The third-order valence-electron chi connectivity index (χ3n) is 4.07. The number of hydrogen-bond donors (Lipinski definition) is 1. The molecule has 1 saturated heterocycles. The summed E-state index contributed by atoms with van der Waals surface area (Å²) in [7, 11) is 0. The zero-order valence-electron chi connectivity index (χ0n) is 11.4. The predicted octanol–water partition coefficient (Wildman–Crippen LogP) is 3.15. The number of benzene rings is 2. The van der Waals surface area contributed by atoms with Crippen LogP contribution in [0.5, 0.6) is 0 Å². The van der Waals surface area contributed by atoms with Crippen LogP contribution in [0.1, 0.15) is 5.69 Å². The number of morpholine rings is 1. The van der Waals surface area contributed by atoms with Crippen molar-refractivity contribution < 1.29 is 4.74 Å². The van der Waals surface area contributed by atoms with Gasteiger partial charge in [0.15, 0.2) is 0 Å². The molecule has 1 aliphatic heterocycles. The first-order chi connectivity index (χ1) is 9.90. The summed E-state index contributed by atoms with van der Waals surface area (Å²) in [6.07, 6.45) is 0. The third-order valence-corrected chi connectivity index (χ3v) is 4.07. The van der Waals surface area contributed by atoms with Gasteiger partial charge in [0, 0.05) is 36.1 Å². The van der Waals surface area contributed by atoms with E-state index in [4.69, 9.17) is 4.74 Å². The molecule has 0 spiro atoms. The van der Waals surface area contributed by atoms with Crippen molar-refractivity contribution >= 4 is 21.7 Å². The molecule has 0 bridgehead atoms. The van der Waals surface area contributed by atoms with Crippen molar-refractivity contribution in [1.29, 1.82) is 0 Å². The topological polar surface area (TPSA) is 28.3 Å². The van der Waals surface area contributed by atoms with Crippen molar-refractivity contribution in [2.24, 2.45) is 0 Å². The standard InChI is InChI=1S/C17H18N2O/c1-2-4-16-13(3-1)5-6-14-11-15(18-17(14)16)12-19-7-9-20-10-8-19/h1-6,11,18H,7-10,12H2. The molecular weight excluding hydrogens is 248 g/mol. The number of nitrogens with one attached hydrogen (secondary N) is 1. The Morgan fingerprint density at radius 3 is 2.70 bits per heavy atom. The SMILES string of the molecule is c1ccc2c(c1)ccc1cc(CN3CCOCC3)[nH]c12. The summed E-state index contributed by atoms with van der Waals surface area (Å²) in [6, 6.07) is 15.2. The van der Waals surface area contributed by atoms with Crippen LogP contribution < -0.4 is 0 Å². The van der Waals surface area contributed by atoms with E-state index in [-0.39, 0.29) is 0 Å². The van der Waals surface area contributed by atoms with Crippen LogP contribution in [0.2, 0.25) is 0 Å². The lowest BCUT2D eigenvalue weighted by atomic mass is 10.1. The Balaban J connectivity index is 1.72. The summed E-state index contributed by atoms with van der Waals surface area (Å²) in [5, 5.41) is 3.89. The first-order valence-electron chi connectivity index (χ1n) is 7.19. The fraction of sp³-hybridized carbons (Fsp3) is 0.294. The van der Waals surface area contributed by atoms with Crippen molar-refractivity contribution in [1.82, 2.24) is 9.88 Å². The summed E-state index contributed by atoms with van der Waals surface area (Å²) < 4.78 is 5.40. The molecular formula is C17H18N2O. The van der Waals surface area contributed by atoms with Crippen LogP contribution in [0.4, 0.5) is 0 Å². The number of rotatable bonds is 2. The zero-order chi connectivity index (χ0) is 13.4. The van der Waals surface area contributed by atoms with Crippen LogP contribution in [0.3, 0.4) is 0 Å². The average Bonchev–Trinajstić information content (AvgIpc) is 2.91. The number of fused-ring (bicyclic) bond motifs is 3. The van der Waals surface area contributed by atoms with Gasteiger partial charge in [-0.25, -0.2) is 0 Å². The van der Waals surface area contributed by atoms with Crippen LogP contribution in [0.15, 0.2) is 42.5 Å². The van der Waals surface area contributed by atoms with Crippen LogP contribution >= 0.6 is 0 Å². The predicted molar refractivity (Wildman–Crippen MR) is 81.9 cm³/mol. The minimum Gasteiger partial charge on any atom is -0.379 e. The summed E-state index contributed by atoms with van der Waals surface area (Å²) in [6.45, 7) is 4.73. The Hall–Kier alpha value is -1.84. The van der Waals surface area contributed by atoms with E-state index in [0.29, 0.717) is 0 Å². The van der Waals surface area contributed by atoms with E-state index in [9.17, 15) is 0 Å². The molecule has 2 aromatic carbocycles. The van der Waals surface area contributed by atoms with E-state index in [0.717, 1.165) is 32.8 Å². The summed E-state index contributed by atoms with van der Waals surface area (Å²) in [4.78, 5) is 6.04. The maximum Gasteiger partial charge on any atom is 0.0594 e. The first kappa shape index (κ1) is 11.9. The Morgan fingerprint density at radius 1 is 1.00 bits per heavy atom. The van der Waals surface area contributed by atoms with Gasteiger partial charge < -0.3 is 9.72 Å². The first-order valence-corrected chi connectivity index (χ1v) is 7.19. The van der Waals surface area contributed by atoms with Crippen LogP contribution in [0, 0.1) is 0 Å². The lowest BCUT2D eigenvalue weighted by Gasteiger charge is -2.25. The number of nitrogens with zero attached hydrogens (tertiary/aromatic N) is 1. The van der Waals surface area contributed by atoms with Gasteiger partial charge in [-0.1, -0.05) is 36.4 Å². The van der Waals surface area contributed by atoms with Crippen molar-refractivity contribution in [3.8, 4) is 0 Å². The molecule has 0 radical (unpaired) electrons. The quantitative estimate of drug-likeness (QED) is 0.771. The lowest BCUT2D eigenvalue weighted by molar-refractivity contribution is 0.0337. The van der Waals surface area contributed by atoms with Crippen LogP contribution in [0.25, 0.3) is 21.7 Å². The van der Waals surface area contributed by atoms with E-state index in [1.54, 1.807) is 0 Å². The highest BCUT2D eigenvalue weighted by Crippen LogP contribution is 2.25. The molecule has 20 heavy (non-hydrogen) atoms. The van der Waals surface area contributed by atoms with Gasteiger partial charge in [0.1, 0.15) is 0 Å². The van der Waals surface area contributed by atoms with Crippen molar-refractivity contribution in [3.05, 3.63) is 48.2 Å². The van der Waals surface area contributed by atoms with Gasteiger partial charge in [0.05, 0.1) is 18.7 Å². The van der Waals surface area contributed by atoms with Gasteiger partial charge in [-0.2, -0.15) is 0 Å².